The van der Waals surface area contributed by atoms with Crippen LogP contribution >= 0.6 is 0 Å². The Morgan fingerprint density at radius 1 is 1.06 bits per heavy atom. The van der Waals surface area contributed by atoms with Crippen molar-refractivity contribution in [1.29, 1.82) is 0 Å². The SMILES string of the molecule is CC(C)=C1C=C2C(C)(C)CCC[C@@]2(C)CC1. The minimum absolute atomic E-state index is 0.425. The molecule has 2 rings (SSSR count). The topological polar surface area (TPSA) is 0 Å². The average Bonchev–Trinajstić information content (AvgIpc) is 2.15. The van der Waals surface area contributed by atoms with Crippen LogP contribution in [0.25, 0.3) is 0 Å². The molecular weight excluding hydrogens is 192 g/mol. The van der Waals surface area contributed by atoms with Crippen LogP contribution in [0.3, 0.4) is 0 Å². The summed E-state index contributed by atoms with van der Waals surface area (Å²) in [6.45, 7) is 11.9. The first-order chi connectivity index (χ1) is 7.35. The first-order valence-corrected chi connectivity index (χ1v) is 6.74. The van der Waals surface area contributed by atoms with Crippen molar-refractivity contribution in [2.45, 2.75) is 66.7 Å². The fraction of sp³-hybridized carbons (Fsp3) is 0.750. The van der Waals surface area contributed by atoms with E-state index in [1.807, 2.05) is 0 Å². The molecule has 1 fully saturated rings. The first kappa shape index (κ1) is 12.0. The van der Waals surface area contributed by atoms with Crippen LogP contribution in [-0.2, 0) is 0 Å². The van der Waals surface area contributed by atoms with Gasteiger partial charge in [-0.05, 0) is 55.9 Å². The van der Waals surface area contributed by atoms with Crippen LogP contribution in [0.5, 0.6) is 0 Å². The molecule has 0 unspecified atom stereocenters. The molecule has 2 aliphatic rings. The van der Waals surface area contributed by atoms with Crippen molar-refractivity contribution >= 4 is 0 Å². The second kappa shape index (κ2) is 3.75. The molecule has 0 aromatic heterocycles. The van der Waals surface area contributed by atoms with Gasteiger partial charge in [0.1, 0.15) is 0 Å². The van der Waals surface area contributed by atoms with E-state index >= 15 is 0 Å². The van der Waals surface area contributed by atoms with E-state index in [0.717, 1.165) is 0 Å². The minimum atomic E-state index is 0.425. The van der Waals surface area contributed by atoms with E-state index in [1.165, 1.54) is 37.7 Å². The Morgan fingerprint density at radius 3 is 2.38 bits per heavy atom. The molecule has 0 spiro atoms. The Morgan fingerprint density at radius 2 is 1.75 bits per heavy atom. The summed E-state index contributed by atoms with van der Waals surface area (Å²) in [6.07, 6.45) is 9.37. The standard InChI is InChI=1S/C16H26/c1-12(2)13-7-10-16(5)9-6-8-15(3,4)14(16)11-13/h11H,6-10H2,1-5H3/t16-/m0/s1. The van der Waals surface area contributed by atoms with E-state index in [4.69, 9.17) is 0 Å². The number of allylic oxidation sites excluding steroid dienone is 4. The van der Waals surface area contributed by atoms with Crippen LogP contribution in [0.4, 0.5) is 0 Å². The lowest BCUT2D eigenvalue weighted by atomic mass is 9.56. The lowest BCUT2D eigenvalue weighted by Gasteiger charge is -2.48. The Balaban J connectivity index is 2.47. The van der Waals surface area contributed by atoms with Gasteiger partial charge in [0.15, 0.2) is 0 Å². The maximum absolute atomic E-state index is 2.54. The third-order valence-electron chi connectivity index (χ3n) is 4.82. The number of hydrogen-bond donors (Lipinski definition) is 0. The third kappa shape index (κ3) is 1.87. The second-order valence-corrected chi connectivity index (χ2v) is 6.88. The molecule has 90 valence electrons. The van der Waals surface area contributed by atoms with E-state index in [-0.39, 0.29) is 0 Å². The second-order valence-electron chi connectivity index (χ2n) is 6.88. The number of rotatable bonds is 0. The summed E-state index contributed by atoms with van der Waals surface area (Å²) in [5.74, 6) is 0. The molecule has 0 saturated heterocycles. The zero-order chi connectivity index (χ0) is 12.0. The Bertz CT molecular complexity index is 350. The highest BCUT2D eigenvalue weighted by atomic mass is 14.5. The van der Waals surface area contributed by atoms with Crippen molar-refractivity contribution in [3.63, 3.8) is 0 Å². The summed E-state index contributed by atoms with van der Waals surface area (Å²) >= 11 is 0. The van der Waals surface area contributed by atoms with E-state index in [0.29, 0.717) is 10.8 Å². The monoisotopic (exact) mass is 218 g/mol. The van der Waals surface area contributed by atoms with Crippen molar-refractivity contribution < 1.29 is 0 Å². The summed E-state index contributed by atoms with van der Waals surface area (Å²) in [7, 11) is 0. The molecule has 0 radical (unpaired) electrons. The maximum atomic E-state index is 2.54. The van der Waals surface area contributed by atoms with Crippen molar-refractivity contribution in [1.82, 2.24) is 0 Å². The Labute approximate surface area is 101 Å². The highest BCUT2D eigenvalue weighted by Crippen LogP contribution is 2.55. The minimum Gasteiger partial charge on any atom is -0.0732 e. The average molecular weight is 218 g/mol. The van der Waals surface area contributed by atoms with Crippen LogP contribution in [0.2, 0.25) is 0 Å². The molecule has 0 N–H and O–H groups in total. The number of hydrogen-bond acceptors (Lipinski definition) is 0. The van der Waals surface area contributed by atoms with E-state index in [9.17, 15) is 0 Å². The van der Waals surface area contributed by atoms with Crippen molar-refractivity contribution in [3.8, 4) is 0 Å². The van der Waals surface area contributed by atoms with Gasteiger partial charge < -0.3 is 0 Å². The van der Waals surface area contributed by atoms with E-state index in [2.05, 4.69) is 40.7 Å². The van der Waals surface area contributed by atoms with Crippen LogP contribution in [0.15, 0.2) is 22.8 Å². The Hall–Kier alpha value is -0.520. The molecule has 0 aromatic rings. The van der Waals surface area contributed by atoms with Gasteiger partial charge in [0.25, 0.3) is 0 Å². The van der Waals surface area contributed by atoms with Crippen molar-refractivity contribution in [2.24, 2.45) is 10.8 Å². The third-order valence-corrected chi connectivity index (χ3v) is 4.82. The molecule has 0 amide bonds. The van der Waals surface area contributed by atoms with Gasteiger partial charge in [-0.2, -0.15) is 0 Å². The molecule has 0 aromatic carbocycles. The molecule has 0 heterocycles. The van der Waals surface area contributed by atoms with Crippen molar-refractivity contribution in [3.05, 3.63) is 22.8 Å². The normalized spacial score (nSPS) is 33.1. The van der Waals surface area contributed by atoms with E-state index < -0.39 is 0 Å². The molecule has 0 nitrogen and oxygen atoms in total. The summed E-state index contributed by atoms with van der Waals surface area (Å²) < 4.78 is 0. The fourth-order valence-corrected chi connectivity index (χ4v) is 3.69. The molecule has 16 heavy (non-hydrogen) atoms. The predicted molar refractivity (Wildman–Crippen MR) is 71.4 cm³/mol. The highest BCUT2D eigenvalue weighted by molar-refractivity contribution is 5.38. The van der Waals surface area contributed by atoms with Gasteiger partial charge in [0.05, 0.1) is 0 Å². The molecule has 0 bridgehead atoms. The highest BCUT2D eigenvalue weighted by Gasteiger charge is 2.42. The molecule has 2 aliphatic carbocycles. The van der Waals surface area contributed by atoms with Crippen LogP contribution < -0.4 is 0 Å². The lowest BCUT2D eigenvalue weighted by Crippen LogP contribution is -2.36. The number of fused-ring (bicyclic) bond motifs is 1. The van der Waals surface area contributed by atoms with Gasteiger partial charge in [0.2, 0.25) is 0 Å². The van der Waals surface area contributed by atoms with Gasteiger partial charge in [0, 0.05) is 0 Å². The lowest BCUT2D eigenvalue weighted by molar-refractivity contribution is 0.180. The summed E-state index contributed by atoms with van der Waals surface area (Å²) in [5.41, 5.74) is 5.77. The Kier molecular flexibility index (Phi) is 2.80. The molecule has 1 atom stereocenters. The van der Waals surface area contributed by atoms with Crippen molar-refractivity contribution in [2.75, 3.05) is 0 Å². The summed E-state index contributed by atoms with van der Waals surface area (Å²) in [6, 6.07) is 0. The van der Waals surface area contributed by atoms with Gasteiger partial charge in [-0.25, -0.2) is 0 Å². The first-order valence-electron chi connectivity index (χ1n) is 6.74. The van der Waals surface area contributed by atoms with Crippen LogP contribution in [0.1, 0.15) is 66.7 Å². The smallest absolute Gasteiger partial charge is 0.0105 e. The van der Waals surface area contributed by atoms with Gasteiger partial charge in [-0.15, -0.1) is 0 Å². The fourth-order valence-electron chi connectivity index (χ4n) is 3.69. The zero-order valence-corrected chi connectivity index (χ0v) is 11.6. The largest absolute Gasteiger partial charge is 0.0732 e. The quantitative estimate of drug-likeness (QED) is 0.520. The summed E-state index contributed by atoms with van der Waals surface area (Å²) in [5, 5.41) is 0. The molecule has 0 heteroatoms. The van der Waals surface area contributed by atoms with Gasteiger partial charge in [-0.1, -0.05) is 44.4 Å². The summed E-state index contributed by atoms with van der Waals surface area (Å²) in [4.78, 5) is 0. The molecule has 0 aliphatic heterocycles. The predicted octanol–water partition coefficient (Wildman–Crippen LogP) is 5.26. The molecule has 1 saturated carbocycles. The van der Waals surface area contributed by atoms with Gasteiger partial charge in [-0.3, -0.25) is 0 Å². The van der Waals surface area contributed by atoms with Gasteiger partial charge >= 0.3 is 0 Å². The zero-order valence-electron chi connectivity index (χ0n) is 11.6. The van der Waals surface area contributed by atoms with E-state index in [1.54, 1.807) is 11.1 Å². The maximum Gasteiger partial charge on any atom is -0.0105 e. The molecular formula is C16H26. The van der Waals surface area contributed by atoms with Crippen LogP contribution in [0, 0.1) is 10.8 Å². The van der Waals surface area contributed by atoms with Crippen LogP contribution in [-0.4, -0.2) is 0 Å².